The summed E-state index contributed by atoms with van der Waals surface area (Å²) in [5, 5.41) is 0.779. The van der Waals surface area contributed by atoms with Crippen LogP contribution in [-0.4, -0.2) is 4.98 Å². The van der Waals surface area contributed by atoms with Crippen molar-refractivity contribution in [3.63, 3.8) is 0 Å². The van der Waals surface area contributed by atoms with Gasteiger partial charge in [-0.2, -0.15) is 0 Å². The maximum Gasteiger partial charge on any atom is 0.286 e. The fourth-order valence-corrected chi connectivity index (χ4v) is 2.42. The first-order chi connectivity index (χ1) is 9.31. The van der Waals surface area contributed by atoms with E-state index in [-0.39, 0.29) is 0 Å². The van der Waals surface area contributed by atoms with Gasteiger partial charge in [-0.1, -0.05) is 37.8 Å². The SMILES string of the molecule is CCCCCCC[n+]1cc[nH]c1-c1ccc(Cl)cc1. The average molecular weight is 278 g/mol. The van der Waals surface area contributed by atoms with Crippen LogP contribution in [0.25, 0.3) is 11.4 Å². The number of nitrogens with one attached hydrogen (secondary N) is 1. The molecule has 0 atom stereocenters. The van der Waals surface area contributed by atoms with Crippen molar-refractivity contribution >= 4 is 11.6 Å². The minimum atomic E-state index is 0.779. The van der Waals surface area contributed by atoms with Crippen LogP contribution in [-0.2, 0) is 6.54 Å². The summed E-state index contributed by atoms with van der Waals surface area (Å²) in [6, 6.07) is 7.98. The van der Waals surface area contributed by atoms with Gasteiger partial charge in [0.1, 0.15) is 12.4 Å². The number of H-pyrrole nitrogens is 1. The number of hydrogen-bond donors (Lipinski definition) is 1. The number of aromatic nitrogens is 2. The molecule has 2 aromatic rings. The predicted octanol–water partition coefficient (Wildman–Crippen LogP) is 4.59. The number of hydrogen-bond acceptors (Lipinski definition) is 0. The van der Waals surface area contributed by atoms with Crippen LogP contribution in [0, 0.1) is 0 Å². The molecule has 0 bridgehead atoms. The lowest BCUT2D eigenvalue weighted by atomic mass is 10.1. The van der Waals surface area contributed by atoms with Crippen LogP contribution >= 0.6 is 11.6 Å². The lowest BCUT2D eigenvalue weighted by Gasteiger charge is -2.02. The predicted molar refractivity (Wildman–Crippen MR) is 80.2 cm³/mol. The van der Waals surface area contributed by atoms with E-state index in [4.69, 9.17) is 11.6 Å². The van der Waals surface area contributed by atoms with Gasteiger partial charge >= 0.3 is 0 Å². The van der Waals surface area contributed by atoms with Crippen molar-refractivity contribution in [1.82, 2.24) is 4.98 Å². The van der Waals surface area contributed by atoms with Crippen molar-refractivity contribution in [3.05, 3.63) is 41.7 Å². The van der Waals surface area contributed by atoms with E-state index in [1.165, 1.54) is 37.7 Å². The Hall–Kier alpha value is -1.28. The van der Waals surface area contributed by atoms with Gasteiger partial charge in [0.2, 0.25) is 0 Å². The second-order valence-electron chi connectivity index (χ2n) is 4.92. The van der Waals surface area contributed by atoms with Gasteiger partial charge in [-0.05, 0) is 37.1 Å². The normalized spacial score (nSPS) is 10.8. The molecule has 0 fully saturated rings. The molecule has 0 spiro atoms. The molecule has 1 aromatic heterocycles. The second-order valence-corrected chi connectivity index (χ2v) is 5.36. The molecule has 3 heteroatoms. The number of aryl methyl sites for hydroxylation is 1. The van der Waals surface area contributed by atoms with Crippen LogP contribution in [0.5, 0.6) is 0 Å². The van der Waals surface area contributed by atoms with Crippen LogP contribution in [0.3, 0.4) is 0 Å². The maximum atomic E-state index is 5.93. The lowest BCUT2D eigenvalue weighted by Crippen LogP contribution is -2.33. The van der Waals surface area contributed by atoms with Crippen molar-refractivity contribution in [2.24, 2.45) is 0 Å². The number of rotatable bonds is 7. The summed E-state index contributed by atoms with van der Waals surface area (Å²) in [6.07, 6.45) is 10.7. The molecule has 19 heavy (non-hydrogen) atoms. The highest BCUT2D eigenvalue weighted by molar-refractivity contribution is 6.30. The van der Waals surface area contributed by atoms with Crippen LogP contribution in [0.1, 0.15) is 39.0 Å². The number of unbranched alkanes of at least 4 members (excludes halogenated alkanes) is 4. The number of halogens is 1. The van der Waals surface area contributed by atoms with Crippen molar-refractivity contribution in [3.8, 4) is 11.4 Å². The molecule has 1 aromatic carbocycles. The van der Waals surface area contributed by atoms with E-state index >= 15 is 0 Å². The molecule has 0 aliphatic rings. The first kappa shape index (κ1) is 14.1. The number of imidazole rings is 1. The van der Waals surface area contributed by atoms with Crippen molar-refractivity contribution < 1.29 is 4.57 Å². The minimum absolute atomic E-state index is 0.779. The Morgan fingerprint density at radius 2 is 1.79 bits per heavy atom. The highest BCUT2D eigenvalue weighted by atomic mass is 35.5. The third-order valence-electron chi connectivity index (χ3n) is 3.38. The van der Waals surface area contributed by atoms with E-state index in [1.807, 2.05) is 18.3 Å². The van der Waals surface area contributed by atoms with Gasteiger partial charge in [-0.25, -0.2) is 9.55 Å². The summed E-state index contributed by atoms with van der Waals surface area (Å²) in [5.74, 6) is 1.16. The summed E-state index contributed by atoms with van der Waals surface area (Å²) in [6.45, 7) is 3.32. The van der Waals surface area contributed by atoms with Gasteiger partial charge in [0.25, 0.3) is 5.82 Å². The summed E-state index contributed by atoms with van der Waals surface area (Å²) >= 11 is 5.93. The van der Waals surface area contributed by atoms with E-state index in [1.54, 1.807) is 0 Å². The molecule has 1 heterocycles. The van der Waals surface area contributed by atoms with Gasteiger partial charge in [0.15, 0.2) is 0 Å². The van der Waals surface area contributed by atoms with Gasteiger partial charge in [0, 0.05) is 5.02 Å². The van der Waals surface area contributed by atoms with Crippen molar-refractivity contribution in [2.75, 3.05) is 0 Å². The van der Waals surface area contributed by atoms with E-state index in [2.05, 4.69) is 34.8 Å². The van der Waals surface area contributed by atoms with Gasteiger partial charge in [-0.3, -0.25) is 0 Å². The monoisotopic (exact) mass is 277 g/mol. The van der Waals surface area contributed by atoms with Gasteiger partial charge in [-0.15, -0.1) is 0 Å². The van der Waals surface area contributed by atoms with Crippen LogP contribution in [0.2, 0.25) is 5.02 Å². The largest absolute Gasteiger partial charge is 0.286 e. The van der Waals surface area contributed by atoms with Crippen molar-refractivity contribution in [2.45, 2.75) is 45.6 Å². The summed E-state index contributed by atoms with van der Waals surface area (Å²) in [4.78, 5) is 3.31. The highest BCUT2D eigenvalue weighted by Gasteiger charge is 2.12. The Kier molecular flexibility index (Phi) is 5.46. The maximum absolute atomic E-state index is 5.93. The zero-order valence-electron chi connectivity index (χ0n) is 11.5. The molecule has 0 amide bonds. The fraction of sp³-hybridized carbons (Fsp3) is 0.438. The van der Waals surface area contributed by atoms with E-state index in [9.17, 15) is 0 Å². The smallest absolute Gasteiger partial charge is 0.243 e. The van der Waals surface area contributed by atoms with Crippen LogP contribution < -0.4 is 4.57 Å². The van der Waals surface area contributed by atoms with Gasteiger partial charge < -0.3 is 0 Å². The topological polar surface area (TPSA) is 19.7 Å². The molecule has 0 saturated heterocycles. The Labute approximate surface area is 120 Å². The zero-order chi connectivity index (χ0) is 13.5. The molecular weight excluding hydrogens is 256 g/mol. The Morgan fingerprint density at radius 3 is 2.53 bits per heavy atom. The summed E-state index contributed by atoms with van der Waals surface area (Å²) < 4.78 is 2.29. The number of benzene rings is 1. The second kappa shape index (κ2) is 7.34. The van der Waals surface area contributed by atoms with E-state index in [0.29, 0.717) is 0 Å². The highest BCUT2D eigenvalue weighted by Crippen LogP contribution is 2.17. The number of nitrogens with zero attached hydrogens (tertiary/aromatic N) is 1. The number of aromatic amines is 1. The van der Waals surface area contributed by atoms with Crippen molar-refractivity contribution in [1.29, 1.82) is 0 Å². The lowest BCUT2D eigenvalue weighted by molar-refractivity contribution is -0.685. The third-order valence-corrected chi connectivity index (χ3v) is 3.63. The van der Waals surface area contributed by atoms with E-state index in [0.717, 1.165) is 17.4 Å². The third kappa shape index (κ3) is 4.10. The standard InChI is InChI=1S/C16H21ClN2/c1-2-3-4-5-6-12-19-13-11-18-16(19)14-7-9-15(17)10-8-14/h7-11,13H,2-6,12H2,1H3/p+1. The Balaban J connectivity index is 1.96. The molecule has 102 valence electrons. The average Bonchev–Trinajstić information content (AvgIpc) is 2.88. The first-order valence-corrected chi connectivity index (χ1v) is 7.52. The first-order valence-electron chi connectivity index (χ1n) is 7.14. The van der Waals surface area contributed by atoms with E-state index < -0.39 is 0 Å². The summed E-state index contributed by atoms with van der Waals surface area (Å²) in [7, 11) is 0. The molecule has 0 saturated carbocycles. The van der Waals surface area contributed by atoms with Crippen LogP contribution in [0.4, 0.5) is 0 Å². The molecular formula is C16H22ClN2+. The molecule has 2 nitrogen and oxygen atoms in total. The molecule has 0 unspecified atom stereocenters. The quantitative estimate of drug-likeness (QED) is 0.564. The fourth-order valence-electron chi connectivity index (χ4n) is 2.29. The summed E-state index contributed by atoms with van der Waals surface area (Å²) in [5.41, 5.74) is 1.18. The molecule has 0 aliphatic heterocycles. The zero-order valence-corrected chi connectivity index (χ0v) is 12.3. The Morgan fingerprint density at radius 1 is 1.05 bits per heavy atom. The Bertz CT molecular complexity index is 488. The molecule has 0 aliphatic carbocycles. The molecule has 2 rings (SSSR count). The molecule has 1 N–H and O–H groups in total. The van der Waals surface area contributed by atoms with Crippen LogP contribution in [0.15, 0.2) is 36.7 Å². The molecule has 0 radical (unpaired) electrons. The van der Waals surface area contributed by atoms with Gasteiger partial charge in [0.05, 0.1) is 12.1 Å². The minimum Gasteiger partial charge on any atom is -0.243 e.